The summed E-state index contributed by atoms with van der Waals surface area (Å²) in [5.41, 5.74) is -1.18. The van der Waals surface area contributed by atoms with E-state index in [1.165, 1.54) is 21.1 Å². The molecule has 2 saturated heterocycles. The van der Waals surface area contributed by atoms with Gasteiger partial charge in [-0.3, -0.25) is 19.3 Å². The lowest BCUT2D eigenvalue weighted by molar-refractivity contribution is -0.228. The number of benzene rings is 3. The van der Waals surface area contributed by atoms with Crippen molar-refractivity contribution in [2.24, 2.45) is 11.3 Å². The Morgan fingerprint density at radius 2 is 1.71 bits per heavy atom. The summed E-state index contributed by atoms with van der Waals surface area (Å²) in [6.07, 6.45) is 5.91. The minimum Gasteiger partial charge on any atom is -0.496 e. The van der Waals surface area contributed by atoms with Gasteiger partial charge in [0.05, 0.1) is 32.9 Å². The van der Waals surface area contributed by atoms with Crippen LogP contribution < -0.4 is 15.0 Å². The Morgan fingerprint density at radius 1 is 0.926 bits per heavy atom. The summed E-state index contributed by atoms with van der Waals surface area (Å²) >= 11 is 6.37. The number of likely N-dealkylation sites (N-methyl/N-ethyl adjacent to an activating group) is 1. The molecule has 3 aromatic carbocycles. The number of nitrogens with one attached hydrogen (secondary N) is 2. The summed E-state index contributed by atoms with van der Waals surface area (Å²) in [5, 5.41) is 18.4. The van der Waals surface area contributed by atoms with Crippen molar-refractivity contribution in [3.8, 4) is 5.75 Å². The zero-order valence-electron chi connectivity index (χ0n) is 39.9. The Labute approximate surface area is 402 Å². The molecule has 3 N–H and O–H groups in total. The number of ether oxygens (including phenoxy) is 4. The highest BCUT2D eigenvalue weighted by molar-refractivity contribution is 6.31. The van der Waals surface area contributed by atoms with Gasteiger partial charge in [-0.25, -0.2) is 4.79 Å². The molecule has 6 heterocycles. The zero-order chi connectivity index (χ0) is 48.1. The molecule has 6 aliphatic rings. The van der Waals surface area contributed by atoms with Gasteiger partial charge in [0, 0.05) is 102 Å². The molecule has 1 spiro atoms. The first-order valence-corrected chi connectivity index (χ1v) is 24.3. The van der Waals surface area contributed by atoms with E-state index >= 15 is 4.79 Å². The number of para-hydroxylation sites is 1. The van der Waals surface area contributed by atoms with Crippen molar-refractivity contribution in [1.29, 1.82) is 0 Å². The summed E-state index contributed by atoms with van der Waals surface area (Å²) in [7, 11) is 6.14. The first-order chi connectivity index (χ1) is 32.6. The van der Waals surface area contributed by atoms with Crippen molar-refractivity contribution in [2.45, 2.75) is 99.5 Å². The maximum absolute atomic E-state index is 15.7. The van der Waals surface area contributed by atoms with Crippen molar-refractivity contribution in [1.82, 2.24) is 20.1 Å². The van der Waals surface area contributed by atoms with Crippen LogP contribution >= 0.6 is 11.6 Å². The Balaban J connectivity index is 1.22. The maximum atomic E-state index is 15.7. The number of H-pyrrole nitrogens is 1. The number of piperidine rings is 1. The number of anilines is 1. The largest absolute Gasteiger partial charge is 0.496 e. The molecule has 1 amide bonds. The van der Waals surface area contributed by atoms with Crippen LogP contribution in [-0.2, 0) is 45.8 Å². The second kappa shape index (κ2) is 16.6. The number of aliphatic hydroxyl groups is 1. The van der Waals surface area contributed by atoms with E-state index in [2.05, 4.69) is 45.2 Å². The number of fused-ring (bicyclic) bond motifs is 6. The third-order valence-electron chi connectivity index (χ3n) is 17.1. The van der Waals surface area contributed by atoms with Gasteiger partial charge < -0.3 is 44.2 Å². The van der Waals surface area contributed by atoms with Crippen LogP contribution in [0, 0.1) is 11.3 Å². The number of aromatic amines is 1. The van der Waals surface area contributed by atoms with Crippen molar-refractivity contribution in [2.75, 3.05) is 66.0 Å². The van der Waals surface area contributed by atoms with E-state index < -0.39 is 57.4 Å². The highest BCUT2D eigenvalue weighted by Gasteiger charge is 2.80. The summed E-state index contributed by atoms with van der Waals surface area (Å²) in [6.45, 7) is 8.65. The van der Waals surface area contributed by atoms with Gasteiger partial charge in [-0.05, 0) is 92.4 Å². The SMILES string of the molecule is CC[C@]1(NC(=O)c2cccc(Cl)c2)C[C@H]2CN(CCc3c([nH]c4ccccc34)[C@@](C(=O)OC)(c3cc4c(cc3OC)N(C)[C@H]3[C@@](O)(C(=O)OC)[C@H](OC(C)=O)[C@]5(CC)C=CCN6CC[C@]43[C@@H]65)C2)C1. The number of hydrogen-bond donors (Lipinski definition) is 3. The molecule has 1 unspecified atom stereocenters. The molecule has 10 atom stereocenters. The molecule has 360 valence electrons. The van der Waals surface area contributed by atoms with Gasteiger partial charge in [0.15, 0.2) is 6.10 Å². The van der Waals surface area contributed by atoms with Gasteiger partial charge in [-0.15, -0.1) is 0 Å². The minimum absolute atomic E-state index is 0.145. The lowest BCUT2D eigenvalue weighted by atomic mass is 9.47. The van der Waals surface area contributed by atoms with Crippen LogP contribution in [0.25, 0.3) is 10.9 Å². The summed E-state index contributed by atoms with van der Waals surface area (Å²) < 4.78 is 24.2. The van der Waals surface area contributed by atoms with E-state index in [1.807, 2.05) is 49.2 Å². The second-order valence-electron chi connectivity index (χ2n) is 20.2. The fourth-order valence-electron chi connectivity index (χ4n) is 14.7. The number of carbonyl (C=O) groups excluding carboxylic acids is 4. The predicted octanol–water partition coefficient (Wildman–Crippen LogP) is 6.08. The predicted molar refractivity (Wildman–Crippen MR) is 257 cm³/mol. The lowest BCUT2D eigenvalue weighted by Gasteiger charge is -2.63. The summed E-state index contributed by atoms with van der Waals surface area (Å²) in [6, 6.07) is 17.9. The highest BCUT2D eigenvalue weighted by atomic mass is 35.5. The molecule has 2 bridgehead atoms. The summed E-state index contributed by atoms with van der Waals surface area (Å²) in [5.74, 6) is -1.89. The first kappa shape index (κ1) is 46.3. The van der Waals surface area contributed by atoms with Crippen molar-refractivity contribution in [3.63, 3.8) is 0 Å². The molecule has 1 aromatic heterocycles. The number of esters is 3. The van der Waals surface area contributed by atoms with Crippen LogP contribution in [0.3, 0.4) is 0 Å². The minimum atomic E-state index is -2.33. The number of halogens is 1. The number of methoxy groups -OCH3 is 3. The Hall–Kier alpha value is -5.41. The highest BCUT2D eigenvalue weighted by Crippen LogP contribution is 2.68. The molecule has 1 aliphatic carbocycles. The molecule has 5 aliphatic heterocycles. The zero-order valence-corrected chi connectivity index (χ0v) is 40.7. The van der Waals surface area contributed by atoms with Gasteiger partial charge in [0.25, 0.3) is 5.91 Å². The molecule has 15 heteroatoms. The van der Waals surface area contributed by atoms with Crippen molar-refractivity contribution in [3.05, 3.63) is 106 Å². The molecule has 1 saturated carbocycles. The van der Waals surface area contributed by atoms with Crippen LogP contribution in [-0.4, -0.2) is 134 Å². The molecular weight excluding hydrogens is 886 g/mol. The Morgan fingerprint density at radius 3 is 2.41 bits per heavy atom. The fraction of sp³-hybridized carbons (Fsp3) is 0.509. The smallest absolute Gasteiger partial charge is 0.344 e. The third-order valence-corrected chi connectivity index (χ3v) is 17.3. The number of carbonyl (C=O) groups is 4. The van der Waals surface area contributed by atoms with Crippen molar-refractivity contribution >= 4 is 52.0 Å². The second-order valence-corrected chi connectivity index (χ2v) is 20.7. The molecule has 3 fully saturated rings. The van der Waals surface area contributed by atoms with E-state index in [9.17, 15) is 19.5 Å². The van der Waals surface area contributed by atoms with Crippen LogP contribution in [0.15, 0.2) is 72.8 Å². The molecule has 68 heavy (non-hydrogen) atoms. The van der Waals surface area contributed by atoms with Gasteiger partial charge in [0.2, 0.25) is 5.60 Å². The average molecular weight is 949 g/mol. The molecule has 4 aromatic rings. The first-order valence-electron chi connectivity index (χ1n) is 24.0. The van der Waals surface area contributed by atoms with Gasteiger partial charge in [-0.2, -0.15) is 0 Å². The van der Waals surface area contributed by atoms with E-state index in [1.54, 1.807) is 31.4 Å². The monoisotopic (exact) mass is 947 g/mol. The number of nitrogens with zero attached hydrogens (tertiary/aromatic N) is 3. The third kappa shape index (κ3) is 6.38. The van der Waals surface area contributed by atoms with E-state index in [0.717, 1.165) is 33.4 Å². The molecule has 0 radical (unpaired) electrons. The lowest BCUT2D eigenvalue weighted by Crippen LogP contribution is -2.81. The number of aromatic nitrogens is 1. The fourth-order valence-corrected chi connectivity index (χ4v) is 14.8. The van der Waals surface area contributed by atoms with Crippen LogP contribution in [0.2, 0.25) is 5.02 Å². The summed E-state index contributed by atoms with van der Waals surface area (Å²) in [4.78, 5) is 68.0. The quantitative estimate of drug-likeness (QED) is 0.101. The average Bonchev–Trinajstić information content (AvgIpc) is 4.00. The van der Waals surface area contributed by atoms with E-state index in [-0.39, 0.29) is 17.9 Å². The van der Waals surface area contributed by atoms with E-state index in [4.69, 9.17) is 30.5 Å². The molecule has 10 rings (SSSR count). The van der Waals surface area contributed by atoms with Gasteiger partial charge in [0.1, 0.15) is 11.2 Å². The van der Waals surface area contributed by atoms with E-state index in [0.29, 0.717) is 93.1 Å². The van der Waals surface area contributed by atoms with Gasteiger partial charge >= 0.3 is 17.9 Å². The van der Waals surface area contributed by atoms with Crippen LogP contribution in [0.5, 0.6) is 5.75 Å². The standard InChI is InChI=1S/C53H62ClN5O9/c1-8-49(56-43(61)33-14-12-15-34(54)24-33)27-32-28-52(47(62)66-6,42-36(18-22-58(29-32)30-49)35-16-10-11-17-39(35)55-42)38-25-37-40(26-41(38)65-5)57(4)45-51(37)20-23-59-21-13-19-50(9-2,44(51)59)46(68-31(3)60)53(45,64)48(63)67-7/h10-17,19,24-26,32,44-46,55,64H,8-9,18,20-23,27-30H2,1-7H3,(H,56,61)/t32-,44+,45-,46-,49+,50-,51-,52+,53+/m1/s1. The molecular formula is C53H62ClN5O9. The van der Waals surface area contributed by atoms with Crippen LogP contribution in [0.4, 0.5) is 5.69 Å². The normalized spacial score (nSPS) is 33.5. The van der Waals surface area contributed by atoms with Crippen molar-refractivity contribution < 1.29 is 43.2 Å². The maximum Gasteiger partial charge on any atom is 0.344 e. The number of rotatable bonds is 9. The van der Waals surface area contributed by atoms with Gasteiger partial charge in [-0.1, -0.05) is 61.9 Å². The Bertz CT molecular complexity index is 2760. The molecule has 14 nitrogen and oxygen atoms in total. The Kier molecular flexibility index (Phi) is 11.3. The topological polar surface area (TPSA) is 163 Å². The number of amides is 1. The number of hydrogen-bond acceptors (Lipinski definition) is 12. The van der Waals surface area contributed by atoms with Crippen LogP contribution in [0.1, 0.15) is 85.6 Å².